The molecule has 0 unspecified atom stereocenters. The number of benzene rings is 3. The van der Waals surface area contributed by atoms with Crippen LogP contribution in [0.4, 0.5) is 15.8 Å². The van der Waals surface area contributed by atoms with E-state index in [-0.39, 0.29) is 23.3 Å². The second-order valence-electron chi connectivity index (χ2n) is 9.66. The molecule has 3 aromatic rings. The summed E-state index contributed by atoms with van der Waals surface area (Å²) in [7, 11) is 0. The number of hydrogen-bond acceptors (Lipinski definition) is 4. The highest BCUT2D eigenvalue weighted by Crippen LogP contribution is 2.29. The van der Waals surface area contributed by atoms with Gasteiger partial charge in [0.05, 0.1) is 11.1 Å². The van der Waals surface area contributed by atoms with Crippen LogP contribution in [0.15, 0.2) is 72.8 Å². The van der Waals surface area contributed by atoms with Crippen molar-refractivity contribution in [3.63, 3.8) is 0 Å². The zero-order valence-corrected chi connectivity index (χ0v) is 21.2. The quantitative estimate of drug-likeness (QED) is 0.537. The molecule has 3 amide bonds. The van der Waals surface area contributed by atoms with E-state index in [0.717, 1.165) is 24.9 Å². The highest BCUT2D eigenvalue weighted by molar-refractivity contribution is 6.06. The number of nitrogens with zero attached hydrogens (tertiary/aromatic N) is 3. The molecule has 0 spiro atoms. The lowest BCUT2D eigenvalue weighted by Crippen LogP contribution is -2.49. The smallest absolute Gasteiger partial charge is 0.256 e. The molecule has 2 fully saturated rings. The van der Waals surface area contributed by atoms with Crippen LogP contribution < -0.4 is 10.2 Å². The van der Waals surface area contributed by atoms with Gasteiger partial charge in [-0.05, 0) is 61.7 Å². The second kappa shape index (κ2) is 11.5. The molecule has 2 aliphatic rings. The summed E-state index contributed by atoms with van der Waals surface area (Å²) in [5.41, 5.74) is 2.47. The molecule has 2 heterocycles. The molecule has 2 aliphatic heterocycles. The van der Waals surface area contributed by atoms with Gasteiger partial charge in [-0.2, -0.15) is 0 Å². The van der Waals surface area contributed by atoms with Crippen molar-refractivity contribution >= 4 is 29.1 Å². The molecule has 2 saturated heterocycles. The average molecular weight is 515 g/mol. The Kier molecular flexibility index (Phi) is 7.67. The third-order valence-corrected chi connectivity index (χ3v) is 7.18. The first-order valence-corrected chi connectivity index (χ1v) is 13.1. The Balaban J connectivity index is 1.36. The molecule has 0 bridgehead atoms. The number of nitrogens with one attached hydrogen (secondary N) is 1. The monoisotopic (exact) mass is 514 g/mol. The van der Waals surface area contributed by atoms with Crippen LogP contribution in [0, 0.1) is 5.82 Å². The standard InChI is InChI=1S/C30H31FN4O3/c31-26-12-6-5-11-24(26)29(37)35-19-17-33(18-20-35)27-14-13-23(32-28(36)22-9-3-1-4-10-22)21-25(27)30(38)34-15-7-2-8-16-34/h1,3-6,9-14,21H,2,7-8,15-20H2,(H,32,36). The van der Waals surface area contributed by atoms with Gasteiger partial charge in [0.1, 0.15) is 5.82 Å². The molecule has 38 heavy (non-hydrogen) atoms. The van der Waals surface area contributed by atoms with Gasteiger partial charge in [-0.25, -0.2) is 4.39 Å². The Morgan fingerprint density at radius 1 is 0.658 bits per heavy atom. The predicted molar refractivity (Wildman–Crippen MR) is 145 cm³/mol. The van der Waals surface area contributed by atoms with E-state index in [1.165, 1.54) is 12.1 Å². The van der Waals surface area contributed by atoms with Gasteiger partial charge in [-0.1, -0.05) is 30.3 Å². The van der Waals surface area contributed by atoms with Crippen molar-refractivity contribution in [2.45, 2.75) is 19.3 Å². The number of halogens is 1. The van der Waals surface area contributed by atoms with Crippen molar-refractivity contribution < 1.29 is 18.8 Å². The van der Waals surface area contributed by atoms with Crippen LogP contribution >= 0.6 is 0 Å². The minimum absolute atomic E-state index is 0.0552. The van der Waals surface area contributed by atoms with Crippen molar-refractivity contribution in [3.05, 3.63) is 95.3 Å². The lowest BCUT2D eigenvalue weighted by molar-refractivity contribution is 0.0717. The first-order chi connectivity index (χ1) is 18.5. The fraction of sp³-hybridized carbons (Fsp3) is 0.300. The van der Waals surface area contributed by atoms with Gasteiger partial charge in [0, 0.05) is 56.2 Å². The van der Waals surface area contributed by atoms with Crippen molar-refractivity contribution in [2.24, 2.45) is 0 Å². The first kappa shape index (κ1) is 25.4. The zero-order chi connectivity index (χ0) is 26.5. The summed E-state index contributed by atoms with van der Waals surface area (Å²) >= 11 is 0. The third kappa shape index (κ3) is 5.54. The van der Waals surface area contributed by atoms with Gasteiger partial charge < -0.3 is 20.0 Å². The molecule has 196 valence electrons. The summed E-state index contributed by atoms with van der Waals surface area (Å²) in [5, 5.41) is 2.92. The summed E-state index contributed by atoms with van der Waals surface area (Å²) in [6.45, 7) is 3.27. The first-order valence-electron chi connectivity index (χ1n) is 13.1. The molecular formula is C30H31FN4O3. The zero-order valence-electron chi connectivity index (χ0n) is 21.2. The molecule has 0 radical (unpaired) electrons. The van der Waals surface area contributed by atoms with E-state index in [2.05, 4.69) is 10.2 Å². The summed E-state index contributed by atoms with van der Waals surface area (Å²) in [6.07, 6.45) is 3.06. The molecule has 0 aliphatic carbocycles. The molecule has 5 rings (SSSR count). The summed E-state index contributed by atoms with van der Waals surface area (Å²) in [6, 6.07) is 20.4. The van der Waals surface area contributed by atoms with Crippen molar-refractivity contribution in [3.8, 4) is 0 Å². The maximum Gasteiger partial charge on any atom is 0.256 e. The Labute approximate surface area is 221 Å². The van der Waals surface area contributed by atoms with Crippen LogP contribution in [0.2, 0.25) is 0 Å². The maximum atomic E-state index is 14.2. The topological polar surface area (TPSA) is 73.0 Å². The number of amides is 3. The minimum Gasteiger partial charge on any atom is -0.367 e. The minimum atomic E-state index is -0.525. The predicted octanol–water partition coefficient (Wildman–Crippen LogP) is 4.67. The van der Waals surface area contributed by atoms with Gasteiger partial charge in [-0.3, -0.25) is 14.4 Å². The molecule has 7 nitrogen and oxygen atoms in total. The number of piperidine rings is 1. The molecule has 3 aromatic carbocycles. The number of hydrogen-bond donors (Lipinski definition) is 1. The van der Waals surface area contributed by atoms with Crippen molar-refractivity contribution in [2.75, 3.05) is 49.5 Å². The number of anilines is 2. The number of carbonyl (C=O) groups excluding carboxylic acids is 3. The van der Waals surface area contributed by atoms with E-state index < -0.39 is 5.82 Å². The van der Waals surface area contributed by atoms with E-state index in [9.17, 15) is 18.8 Å². The summed E-state index contributed by atoms with van der Waals surface area (Å²) in [4.78, 5) is 44.9. The van der Waals surface area contributed by atoms with Gasteiger partial charge in [0.2, 0.25) is 0 Å². The van der Waals surface area contributed by atoms with E-state index in [4.69, 9.17) is 0 Å². The average Bonchev–Trinajstić information content (AvgIpc) is 2.97. The lowest BCUT2D eigenvalue weighted by Gasteiger charge is -2.37. The molecule has 1 N–H and O–H groups in total. The van der Waals surface area contributed by atoms with Gasteiger partial charge >= 0.3 is 0 Å². The van der Waals surface area contributed by atoms with Crippen molar-refractivity contribution in [1.29, 1.82) is 0 Å². The fourth-order valence-electron chi connectivity index (χ4n) is 5.08. The highest BCUT2D eigenvalue weighted by Gasteiger charge is 2.28. The molecule has 8 heteroatoms. The third-order valence-electron chi connectivity index (χ3n) is 7.18. The Bertz CT molecular complexity index is 1320. The molecule has 0 atom stereocenters. The maximum absolute atomic E-state index is 14.2. The molecule has 0 saturated carbocycles. The Hall–Kier alpha value is -4.20. The van der Waals surface area contributed by atoms with Crippen LogP contribution in [-0.2, 0) is 0 Å². The Morgan fingerprint density at radius 3 is 2.00 bits per heavy atom. The second-order valence-corrected chi connectivity index (χ2v) is 9.66. The van der Waals surface area contributed by atoms with Gasteiger partial charge in [0.25, 0.3) is 17.7 Å². The van der Waals surface area contributed by atoms with Gasteiger partial charge in [-0.15, -0.1) is 0 Å². The molecular weight excluding hydrogens is 483 g/mol. The summed E-state index contributed by atoms with van der Waals surface area (Å²) in [5.74, 6) is -1.15. The number of carbonyl (C=O) groups is 3. The van der Waals surface area contributed by atoms with E-state index >= 15 is 0 Å². The van der Waals surface area contributed by atoms with E-state index in [1.807, 2.05) is 17.0 Å². The normalized spacial score (nSPS) is 15.8. The van der Waals surface area contributed by atoms with Crippen LogP contribution in [0.1, 0.15) is 50.3 Å². The van der Waals surface area contributed by atoms with Crippen LogP contribution in [0.5, 0.6) is 0 Å². The van der Waals surface area contributed by atoms with Crippen LogP contribution in [0.25, 0.3) is 0 Å². The van der Waals surface area contributed by atoms with Crippen LogP contribution in [0.3, 0.4) is 0 Å². The Morgan fingerprint density at radius 2 is 1.29 bits per heavy atom. The van der Waals surface area contributed by atoms with Crippen molar-refractivity contribution in [1.82, 2.24) is 9.80 Å². The van der Waals surface area contributed by atoms with Gasteiger partial charge in [0.15, 0.2) is 0 Å². The lowest BCUT2D eigenvalue weighted by atomic mass is 10.0. The van der Waals surface area contributed by atoms with E-state index in [1.54, 1.807) is 53.4 Å². The highest BCUT2D eigenvalue weighted by atomic mass is 19.1. The largest absolute Gasteiger partial charge is 0.367 e. The SMILES string of the molecule is O=C(Nc1ccc(N2CCN(C(=O)c3ccccc3F)CC2)c(C(=O)N2CCCCC2)c1)c1ccccc1. The van der Waals surface area contributed by atoms with Crippen LogP contribution in [-0.4, -0.2) is 66.8 Å². The number of rotatable bonds is 5. The summed E-state index contributed by atoms with van der Waals surface area (Å²) < 4.78 is 14.2. The number of piperazine rings is 1. The van der Waals surface area contributed by atoms with E-state index in [0.29, 0.717) is 56.1 Å². The fourth-order valence-corrected chi connectivity index (χ4v) is 5.08. The number of likely N-dealkylation sites (tertiary alicyclic amines) is 1. The molecule has 0 aromatic heterocycles.